The molecule has 40 heavy (non-hydrogen) atoms. The quantitative estimate of drug-likeness (QED) is 0.228. The molecule has 0 saturated heterocycles. The number of carbonyl (C=O) groups is 2. The number of hydrogen-bond acceptors (Lipinski definition) is 9. The molecule has 5 rings (SSSR count). The van der Waals surface area contributed by atoms with Gasteiger partial charge in [0.2, 0.25) is 0 Å². The molecule has 1 amide bonds. The Labute approximate surface area is 236 Å². The van der Waals surface area contributed by atoms with Gasteiger partial charge in [0.05, 0.1) is 52.2 Å². The van der Waals surface area contributed by atoms with Gasteiger partial charge in [-0.2, -0.15) is 0 Å². The van der Waals surface area contributed by atoms with Gasteiger partial charge in [-0.1, -0.05) is 0 Å². The summed E-state index contributed by atoms with van der Waals surface area (Å²) < 4.78 is 20.7. The normalized spacial score (nSPS) is 22.7. The number of halogens is 1. The minimum atomic E-state index is -1.63. The average molecular weight is 570 g/mol. The summed E-state index contributed by atoms with van der Waals surface area (Å²) in [5.74, 6) is -0.0983. The van der Waals surface area contributed by atoms with E-state index in [0.717, 1.165) is 48.0 Å². The maximum atomic E-state index is 14.4. The van der Waals surface area contributed by atoms with E-state index >= 15 is 0 Å². The first-order valence-corrected chi connectivity index (χ1v) is 14.6. The Hall–Kier alpha value is -3.31. The fraction of sp³-hybridized carbons (Fsp3) is 0.517. The van der Waals surface area contributed by atoms with Crippen molar-refractivity contribution < 1.29 is 23.8 Å². The van der Waals surface area contributed by atoms with E-state index < -0.39 is 17.7 Å². The number of alkyl halides is 1. The minimum Gasteiger partial charge on any atom is -0.466 e. The molecule has 2 bridgehead atoms. The zero-order valence-electron chi connectivity index (χ0n) is 23.1. The van der Waals surface area contributed by atoms with Gasteiger partial charge in [-0.15, -0.1) is 11.3 Å². The molecule has 0 radical (unpaired) electrons. The van der Waals surface area contributed by atoms with Crippen LogP contribution in [0.1, 0.15) is 69.7 Å². The molecule has 0 spiro atoms. The molecule has 0 unspecified atom stereocenters. The van der Waals surface area contributed by atoms with Crippen LogP contribution in [0.25, 0.3) is 10.2 Å². The molecule has 0 aliphatic heterocycles. The van der Waals surface area contributed by atoms with Crippen molar-refractivity contribution in [2.75, 3.05) is 23.8 Å². The topological polar surface area (TPSA) is 125 Å². The average Bonchev–Trinajstić information content (AvgIpc) is 3.60. The summed E-state index contributed by atoms with van der Waals surface area (Å²) in [6.07, 6.45) is 4.59. The van der Waals surface area contributed by atoms with E-state index in [1.807, 2.05) is 25.1 Å². The molecule has 214 valence electrons. The van der Waals surface area contributed by atoms with Gasteiger partial charge < -0.3 is 25.8 Å². The number of nitrogens with one attached hydrogen (secondary N) is 3. The summed E-state index contributed by atoms with van der Waals surface area (Å²) in [6, 6.07) is 7.65. The Bertz CT molecular complexity index is 1400. The van der Waals surface area contributed by atoms with Crippen LogP contribution >= 0.6 is 11.3 Å². The third-order valence-corrected chi connectivity index (χ3v) is 8.96. The van der Waals surface area contributed by atoms with Gasteiger partial charge in [0.1, 0.15) is 12.0 Å². The number of amides is 1. The maximum Gasteiger partial charge on any atom is 0.306 e. The van der Waals surface area contributed by atoms with Crippen LogP contribution < -0.4 is 16.0 Å². The summed E-state index contributed by atoms with van der Waals surface area (Å²) in [7, 11) is 0. The SMILES string of the molecule is CCOC(=O)CC12CCC(Nc3cc(Nc4ccc5ncsc5c4)ncc3C(=O)NC[C@@H](F)C(C)(C)O)(CC1)C2. The number of fused-ring (bicyclic) bond motifs is 3. The Morgan fingerprint density at radius 1 is 1.20 bits per heavy atom. The lowest BCUT2D eigenvalue weighted by atomic mass is 9.81. The third kappa shape index (κ3) is 6.05. The molecular weight excluding hydrogens is 533 g/mol. The Morgan fingerprint density at radius 2 is 1.98 bits per heavy atom. The number of aromatic nitrogens is 2. The van der Waals surface area contributed by atoms with Gasteiger partial charge in [0.15, 0.2) is 0 Å². The minimum absolute atomic E-state index is 0.103. The lowest BCUT2D eigenvalue weighted by Crippen LogP contribution is -2.42. The van der Waals surface area contributed by atoms with E-state index in [4.69, 9.17) is 4.74 Å². The lowest BCUT2D eigenvalue weighted by molar-refractivity contribution is -0.145. The van der Waals surface area contributed by atoms with Crippen molar-refractivity contribution in [3.05, 3.63) is 41.5 Å². The van der Waals surface area contributed by atoms with Gasteiger partial charge in [-0.05, 0) is 76.5 Å². The number of aliphatic hydroxyl groups is 1. The number of esters is 1. The second kappa shape index (κ2) is 10.9. The largest absolute Gasteiger partial charge is 0.466 e. The first kappa shape index (κ1) is 28.2. The summed E-state index contributed by atoms with van der Waals surface area (Å²) in [4.78, 5) is 34.3. The molecule has 4 N–H and O–H groups in total. The van der Waals surface area contributed by atoms with Crippen LogP contribution in [0.4, 0.5) is 21.6 Å². The van der Waals surface area contributed by atoms with Crippen molar-refractivity contribution in [3.63, 3.8) is 0 Å². The molecule has 9 nitrogen and oxygen atoms in total. The molecule has 2 saturated carbocycles. The summed E-state index contributed by atoms with van der Waals surface area (Å²) in [5, 5.41) is 19.5. The lowest BCUT2D eigenvalue weighted by Gasteiger charge is -2.30. The maximum absolute atomic E-state index is 14.4. The number of benzene rings is 1. The highest BCUT2D eigenvalue weighted by molar-refractivity contribution is 7.16. The second-order valence-electron chi connectivity index (χ2n) is 11.7. The van der Waals surface area contributed by atoms with Crippen LogP contribution in [-0.4, -0.2) is 57.4 Å². The first-order chi connectivity index (χ1) is 19.0. The monoisotopic (exact) mass is 569 g/mol. The standard InChI is InChI=1S/C29H36FN5O4S/c1-4-39-25(36)13-28-7-9-29(16-28,10-8-28)35-21-12-24(34-18-5-6-20-22(11-18)40-17-33-20)31-14-19(21)26(37)32-15-23(30)27(2,3)38/h5-6,11-12,14,17,23,38H,4,7-10,13,15-16H2,1-3H3,(H,32,37)(H2,31,34,35)/t23-,28?,29?/m1/s1. The molecular formula is C29H36FN5O4S. The Morgan fingerprint density at radius 3 is 2.70 bits per heavy atom. The summed E-state index contributed by atoms with van der Waals surface area (Å²) in [5.41, 5.74) is 2.48. The Balaban J connectivity index is 1.39. The van der Waals surface area contributed by atoms with Crippen molar-refractivity contribution in [1.29, 1.82) is 0 Å². The number of thiazole rings is 1. The third-order valence-electron chi connectivity index (χ3n) is 8.17. The van der Waals surface area contributed by atoms with Crippen LogP contribution in [0.2, 0.25) is 0 Å². The Kier molecular flexibility index (Phi) is 7.71. The fourth-order valence-electron chi connectivity index (χ4n) is 5.96. The second-order valence-corrected chi connectivity index (χ2v) is 12.6. The van der Waals surface area contributed by atoms with E-state index in [-0.39, 0.29) is 29.0 Å². The molecule has 2 heterocycles. The van der Waals surface area contributed by atoms with Gasteiger partial charge >= 0.3 is 5.97 Å². The highest BCUT2D eigenvalue weighted by Crippen LogP contribution is 2.59. The van der Waals surface area contributed by atoms with E-state index in [1.54, 1.807) is 22.9 Å². The smallest absolute Gasteiger partial charge is 0.306 e. The number of pyridine rings is 1. The number of ether oxygens (including phenoxy) is 1. The molecule has 11 heteroatoms. The van der Waals surface area contributed by atoms with Gasteiger partial charge in [0, 0.05) is 23.5 Å². The molecule has 1 atom stereocenters. The first-order valence-electron chi connectivity index (χ1n) is 13.7. The predicted molar refractivity (Wildman–Crippen MR) is 154 cm³/mol. The van der Waals surface area contributed by atoms with Crippen LogP contribution in [0.3, 0.4) is 0 Å². The summed E-state index contributed by atoms with van der Waals surface area (Å²) in [6.45, 7) is 4.58. The van der Waals surface area contributed by atoms with E-state index in [2.05, 4.69) is 25.9 Å². The molecule has 2 fully saturated rings. The van der Waals surface area contributed by atoms with Crippen LogP contribution in [0.5, 0.6) is 0 Å². The van der Waals surface area contributed by atoms with Crippen molar-refractivity contribution >= 4 is 50.6 Å². The fourth-order valence-corrected chi connectivity index (χ4v) is 6.68. The van der Waals surface area contributed by atoms with Gasteiger partial charge in [-0.25, -0.2) is 14.4 Å². The number of anilines is 3. The zero-order chi connectivity index (χ0) is 28.5. The van der Waals surface area contributed by atoms with Crippen LogP contribution in [-0.2, 0) is 9.53 Å². The van der Waals surface area contributed by atoms with Crippen molar-refractivity contribution in [1.82, 2.24) is 15.3 Å². The highest BCUT2D eigenvalue weighted by Gasteiger charge is 2.55. The molecule has 2 aromatic heterocycles. The van der Waals surface area contributed by atoms with E-state index in [1.165, 1.54) is 20.0 Å². The van der Waals surface area contributed by atoms with Gasteiger partial charge in [0.25, 0.3) is 5.91 Å². The van der Waals surface area contributed by atoms with Crippen LogP contribution in [0, 0.1) is 5.41 Å². The number of rotatable bonds is 11. The van der Waals surface area contributed by atoms with Gasteiger partial charge in [-0.3, -0.25) is 9.59 Å². The molecule has 2 aliphatic rings. The highest BCUT2D eigenvalue weighted by atomic mass is 32.1. The number of nitrogens with zero attached hydrogens (tertiary/aromatic N) is 2. The molecule has 2 aliphatic carbocycles. The molecule has 3 aromatic rings. The van der Waals surface area contributed by atoms with Crippen molar-refractivity contribution in [2.45, 2.75) is 76.6 Å². The summed E-state index contributed by atoms with van der Waals surface area (Å²) >= 11 is 1.55. The predicted octanol–water partition coefficient (Wildman–Crippen LogP) is 5.34. The molecule has 1 aromatic carbocycles. The van der Waals surface area contributed by atoms with Crippen molar-refractivity contribution in [2.24, 2.45) is 5.41 Å². The zero-order valence-corrected chi connectivity index (χ0v) is 23.9. The number of carbonyl (C=O) groups excluding carboxylic acids is 2. The van der Waals surface area contributed by atoms with E-state index in [9.17, 15) is 19.1 Å². The number of hydrogen-bond donors (Lipinski definition) is 4. The van der Waals surface area contributed by atoms with Crippen LogP contribution in [0.15, 0.2) is 36.0 Å². The van der Waals surface area contributed by atoms with Crippen molar-refractivity contribution in [3.8, 4) is 0 Å². The van der Waals surface area contributed by atoms with E-state index in [0.29, 0.717) is 24.5 Å².